The monoisotopic (exact) mass is 444 g/mol. The summed E-state index contributed by atoms with van der Waals surface area (Å²) in [7, 11) is 0. The first-order chi connectivity index (χ1) is 13.7. The minimum Gasteiger partial charge on any atom is -0.479 e. The fourth-order valence-corrected chi connectivity index (χ4v) is 1.93. The van der Waals surface area contributed by atoms with Gasteiger partial charge in [0.25, 0.3) is 11.8 Å². The maximum atomic E-state index is 11.6. The van der Waals surface area contributed by atoms with E-state index < -0.39 is 85.7 Å². The number of nitrogens with one attached hydrogen (secondary N) is 2. The van der Waals surface area contributed by atoms with Gasteiger partial charge in [0.15, 0.2) is 24.4 Å². The summed E-state index contributed by atoms with van der Waals surface area (Å²) in [5.74, 6) is -6.49. The molecule has 0 fully saturated rings. The van der Waals surface area contributed by atoms with E-state index >= 15 is 0 Å². The summed E-state index contributed by atoms with van der Waals surface area (Å²) >= 11 is 0. The third kappa shape index (κ3) is 7.76. The van der Waals surface area contributed by atoms with Crippen LogP contribution in [-0.4, -0.2) is 137 Å². The number of hydrogen-bond acceptors (Lipinski definition) is 12. The van der Waals surface area contributed by atoms with Crippen molar-refractivity contribution < 1.29 is 70.2 Å². The van der Waals surface area contributed by atoms with Crippen LogP contribution in [0.4, 0.5) is 0 Å². The molecule has 12 N–H and O–H groups in total. The molecule has 16 nitrogen and oxygen atoms in total. The Morgan fingerprint density at radius 1 is 0.500 bits per heavy atom. The number of hydrogen-bond donors (Lipinski definition) is 12. The molecule has 0 aromatic heterocycles. The van der Waals surface area contributed by atoms with Crippen LogP contribution in [0.2, 0.25) is 0 Å². The number of carboxylic acid groups (broad SMARTS) is 2. The maximum Gasteiger partial charge on any atom is 0.335 e. The minimum atomic E-state index is -2.48. The van der Waals surface area contributed by atoms with Crippen LogP contribution >= 0.6 is 0 Å². The molecule has 30 heavy (non-hydrogen) atoms. The molecule has 0 aliphatic carbocycles. The summed E-state index contributed by atoms with van der Waals surface area (Å²) in [4.78, 5) is 44.2. The number of carbonyl (C=O) groups excluding carboxylic acids is 2. The first-order valence-electron chi connectivity index (χ1n) is 8.19. The predicted molar refractivity (Wildman–Crippen MR) is 89.3 cm³/mol. The summed E-state index contributed by atoms with van der Waals surface area (Å²) in [6.45, 7) is -0.899. The van der Waals surface area contributed by atoms with Gasteiger partial charge >= 0.3 is 11.9 Å². The van der Waals surface area contributed by atoms with Crippen LogP contribution in [0.15, 0.2) is 0 Å². The van der Waals surface area contributed by atoms with Crippen molar-refractivity contribution in [1.82, 2.24) is 10.6 Å². The zero-order chi connectivity index (χ0) is 23.8. The maximum absolute atomic E-state index is 11.6. The molecule has 2 amide bonds. The highest BCUT2D eigenvalue weighted by atomic mass is 16.4. The van der Waals surface area contributed by atoms with E-state index in [1.807, 2.05) is 10.6 Å². The summed E-state index contributed by atoms with van der Waals surface area (Å²) in [6, 6.07) is 0. The predicted octanol–water partition coefficient (Wildman–Crippen LogP) is -7.72. The fourth-order valence-electron chi connectivity index (χ4n) is 1.93. The number of rotatable bonds is 13. The van der Waals surface area contributed by atoms with Crippen molar-refractivity contribution in [1.29, 1.82) is 0 Å². The highest BCUT2D eigenvalue weighted by molar-refractivity contribution is 5.83. The molecule has 0 radical (unpaired) electrons. The van der Waals surface area contributed by atoms with Crippen molar-refractivity contribution in [2.45, 2.75) is 48.8 Å². The van der Waals surface area contributed by atoms with Crippen molar-refractivity contribution in [3.8, 4) is 0 Å². The van der Waals surface area contributed by atoms with Crippen molar-refractivity contribution >= 4 is 23.8 Å². The van der Waals surface area contributed by atoms with Crippen molar-refractivity contribution in [2.24, 2.45) is 0 Å². The molecule has 0 aliphatic heterocycles. The van der Waals surface area contributed by atoms with Gasteiger partial charge in [-0.1, -0.05) is 0 Å². The molecule has 8 atom stereocenters. The molecule has 16 heteroatoms. The zero-order valence-electron chi connectivity index (χ0n) is 15.1. The number of aliphatic hydroxyl groups is 8. The average Bonchev–Trinajstić information content (AvgIpc) is 2.71. The van der Waals surface area contributed by atoms with Gasteiger partial charge in [-0.25, -0.2) is 9.59 Å². The van der Waals surface area contributed by atoms with Crippen LogP contribution in [-0.2, 0) is 19.2 Å². The third-order valence-electron chi connectivity index (χ3n) is 3.76. The molecule has 0 saturated carbocycles. The van der Waals surface area contributed by atoms with Crippen LogP contribution in [0.5, 0.6) is 0 Å². The van der Waals surface area contributed by atoms with Crippen LogP contribution in [0.25, 0.3) is 0 Å². The molecular weight excluding hydrogens is 420 g/mol. The SMILES string of the molecule is O=C(NCCNC(=O)[C@@H](O)[C@@H](O)[C@H](O)[C@@H](O)C(=O)O)[C@@H](O)[C@@H](O)[C@H](O)[C@@H](O)C(=O)O. The largest absolute Gasteiger partial charge is 0.479 e. The zero-order valence-corrected chi connectivity index (χ0v) is 15.1. The fraction of sp³-hybridized carbons (Fsp3) is 0.714. The molecule has 0 spiro atoms. The summed E-state index contributed by atoms with van der Waals surface area (Å²) in [5.41, 5.74) is 0. The van der Waals surface area contributed by atoms with E-state index in [0.29, 0.717) is 0 Å². The van der Waals surface area contributed by atoms with E-state index in [2.05, 4.69) is 0 Å². The van der Waals surface area contributed by atoms with E-state index in [9.17, 15) is 49.8 Å². The minimum absolute atomic E-state index is 0.449. The molecule has 0 aromatic carbocycles. The molecule has 0 heterocycles. The molecule has 0 unspecified atom stereocenters. The number of aliphatic carboxylic acids is 2. The van der Waals surface area contributed by atoms with Gasteiger partial charge in [-0.15, -0.1) is 0 Å². The number of aliphatic hydroxyl groups excluding tert-OH is 8. The summed E-state index contributed by atoms with van der Waals surface area (Å²) in [5, 5.41) is 95.7. The normalized spacial score (nSPS) is 19.3. The van der Waals surface area contributed by atoms with Gasteiger partial charge in [-0.05, 0) is 0 Å². The summed E-state index contributed by atoms with van der Waals surface area (Å²) < 4.78 is 0. The Hall–Kier alpha value is -2.44. The Balaban J connectivity index is 4.50. The second kappa shape index (κ2) is 12.3. The Bertz CT molecular complexity index is 563. The second-order valence-corrected chi connectivity index (χ2v) is 6.00. The Morgan fingerprint density at radius 2 is 0.733 bits per heavy atom. The third-order valence-corrected chi connectivity index (χ3v) is 3.76. The van der Waals surface area contributed by atoms with Crippen LogP contribution in [0, 0.1) is 0 Å². The first kappa shape index (κ1) is 27.6. The lowest BCUT2D eigenvalue weighted by molar-refractivity contribution is -0.166. The van der Waals surface area contributed by atoms with Crippen molar-refractivity contribution in [2.75, 3.05) is 13.1 Å². The lowest BCUT2D eigenvalue weighted by Gasteiger charge is -2.24. The Labute approximate surface area is 167 Å². The van der Waals surface area contributed by atoms with Gasteiger partial charge in [-0.3, -0.25) is 9.59 Å². The van der Waals surface area contributed by atoms with Crippen molar-refractivity contribution in [3.05, 3.63) is 0 Å². The van der Waals surface area contributed by atoms with E-state index in [1.54, 1.807) is 0 Å². The smallest absolute Gasteiger partial charge is 0.335 e. The molecule has 0 saturated heterocycles. The number of carboxylic acids is 2. The second-order valence-electron chi connectivity index (χ2n) is 6.00. The highest BCUT2D eigenvalue weighted by Crippen LogP contribution is 2.07. The average molecular weight is 444 g/mol. The Kier molecular flexibility index (Phi) is 11.3. The molecule has 0 bridgehead atoms. The molecule has 0 aromatic rings. The van der Waals surface area contributed by atoms with Gasteiger partial charge in [0.05, 0.1) is 0 Å². The lowest BCUT2D eigenvalue weighted by Crippen LogP contribution is -2.54. The van der Waals surface area contributed by atoms with E-state index in [0.717, 1.165) is 0 Å². The van der Waals surface area contributed by atoms with Gasteiger partial charge < -0.3 is 61.7 Å². The van der Waals surface area contributed by atoms with E-state index in [-0.39, 0.29) is 0 Å². The summed E-state index contributed by atoms with van der Waals surface area (Å²) in [6.07, 6.45) is -19.2. The lowest BCUT2D eigenvalue weighted by atomic mass is 10.0. The standard InChI is InChI=1S/C14H24N2O14/c17-3(5(19)9(23)13(27)28)7(21)11(25)15-1-2-16-12(26)8(22)4(18)6(20)10(24)14(29)30/h3-10,17-24H,1-2H2,(H,15,25)(H,16,26)(H,27,28)(H,29,30)/t3-,4-,5-,6-,7-,8-,9+,10+/m0/s1. The van der Waals surface area contributed by atoms with Crippen LogP contribution in [0.3, 0.4) is 0 Å². The molecule has 0 rings (SSSR count). The quantitative estimate of drug-likeness (QED) is 0.117. The van der Waals surface area contributed by atoms with Gasteiger partial charge in [0.1, 0.15) is 24.4 Å². The van der Waals surface area contributed by atoms with Crippen LogP contribution < -0.4 is 10.6 Å². The Morgan fingerprint density at radius 3 is 0.967 bits per heavy atom. The highest BCUT2D eigenvalue weighted by Gasteiger charge is 2.38. The van der Waals surface area contributed by atoms with E-state index in [4.69, 9.17) is 20.4 Å². The molecule has 174 valence electrons. The topological polar surface area (TPSA) is 295 Å². The van der Waals surface area contributed by atoms with Gasteiger partial charge in [0, 0.05) is 13.1 Å². The number of amides is 2. The van der Waals surface area contributed by atoms with Gasteiger partial charge in [0.2, 0.25) is 0 Å². The van der Waals surface area contributed by atoms with Crippen LogP contribution in [0.1, 0.15) is 0 Å². The number of carbonyl (C=O) groups is 4. The van der Waals surface area contributed by atoms with E-state index in [1.165, 1.54) is 0 Å². The molecular formula is C14H24N2O14. The van der Waals surface area contributed by atoms with Gasteiger partial charge in [-0.2, -0.15) is 0 Å². The van der Waals surface area contributed by atoms with Crippen molar-refractivity contribution in [3.63, 3.8) is 0 Å². The first-order valence-corrected chi connectivity index (χ1v) is 8.19. The molecule has 0 aliphatic rings.